The maximum atomic E-state index is 11.7. The molecule has 1 saturated heterocycles. The minimum atomic E-state index is 0.0719. The number of rotatable bonds is 2. The Labute approximate surface area is 110 Å². The Hall–Kier alpha value is -1.10. The minimum Gasteiger partial charge on any atom is -0.359 e. The van der Waals surface area contributed by atoms with Crippen LogP contribution in [0.25, 0.3) is 0 Å². The van der Waals surface area contributed by atoms with Gasteiger partial charge in [-0.1, -0.05) is 0 Å². The van der Waals surface area contributed by atoms with Gasteiger partial charge < -0.3 is 10.2 Å². The molecule has 1 fully saturated rings. The molecule has 1 aliphatic heterocycles. The third-order valence-electron chi connectivity index (χ3n) is 3.08. The Bertz CT molecular complexity index is 410. The van der Waals surface area contributed by atoms with Gasteiger partial charge in [0.25, 0.3) is 0 Å². The van der Waals surface area contributed by atoms with Crippen molar-refractivity contribution in [3.05, 3.63) is 22.8 Å². The van der Waals surface area contributed by atoms with Crippen molar-refractivity contribution in [1.82, 2.24) is 10.3 Å². The fraction of sp³-hybridized carbons (Fsp3) is 0.500. The Morgan fingerprint density at radius 2 is 2.47 bits per heavy atom. The molecule has 0 aromatic carbocycles. The summed E-state index contributed by atoms with van der Waals surface area (Å²) in [5.74, 6) is 1.13. The molecule has 1 unspecified atom stereocenters. The van der Waals surface area contributed by atoms with Gasteiger partial charge in [-0.3, -0.25) is 4.79 Å². The van der Waals surface area contributed by atoms with Gasteiger partial charge >= 0.3 is 0 Å². The smallest absolute Gasteiger partial charge is 0.224 e. The van der Waals surface area contributed by atoms with Gasteiger partial charge in [0.2, 0.25) is 5.91 Å². The second-order valence-electron chi connectivity index (χ2n) is 4.21. The Morgan fingerprint density at radius 3 is 3.18 bits per heavy atom. The summed E-state index contributed by atoms with van der Waals surface area (Å²) in [5, 5.41) is 2.72. The number of amides is 1. The normalized spacial score (nSPS) is 20.1. The quantitative estimate of drug-likeness (QED) is 0.905. The van der Waals surface area contributed by atoms with Gasteiger partial charge in [0.05, 0.1) is 10.4 Å². The van der Waals surface area contributed by atoms with Crippen LogP contribution in [0.5, 0.6) is 0 Å². The first-order valence-electron chi connectivity index (χ1n) is 5.79. The standard InChI is InChI=1S/C12H16BrN3O/c1-14-12(17)9-4-3-7-16(8-9)11-10(13)5-2-6-15-11/h2,5-6,9H,3-4,7-8H2,1H3,(H,14,17). The third-order valence-corrected chi connectivity index (χ3v) is 3.70. The van der Waals surface area contributed by atoms with E-state index in [4.69, 9.17) is 0 Å². The highest BCUT2D eigenvalue weighted by Crippen LogP contribution is 2.27. The van der Waals surface area contributed by atoms with Crippen LogP contribution in [0.15, 0.2) is 22.8 Å². The molecule has 0 bridgehead atoms. The lowest BCUT2D eigenvalue weighted by Crippen LogP contribution is -2.42. The second-order valence-corrected chi connectivity index (χ2v) is 5.06. The lowest BCUT2D eigenvalue weighted by atomic mass is 9.97. The number of pyridine rings is 1. The summed E-state index contributed by atoms with van der Waals surface area (Å²) in [6, 6.07) is 3.87. The molecular formula is C12H16BrN3O. The monoisotopic (exact) mass is 297 g/mol. The summed E-state index contributed by atoms with van der Waals surface area (Å²) in [5.41, 5.74) is 0. The van der Waals surface area contributed by atoms with E-state index in [0.717, 1.165) is 36.2 Å². The summed E-state index contributed by atoms with van der Waals surface area (Å²) in [6.07, 6.45) is 3.77. The van der Waals surface area contributed by atoms with E-state index in [-0.39, 0.29) is 11.8 Å². The number of nitrogens with one attached hydrogen (secondary N) is 1. The summed E-state index contributed by atoms with van der Waals surface area (Å²) < 4.78 is 0.984. The zero-order valence-corrected chi connectivity index (χ0v) is 11.4. The molecule has 92 valence electrons. The van der Waals surface area contributed by atoms with Crippen LogP contribution >= 0.6 is 15.9 Å². The molecule has 0 radical (unpaired) electrons. The highest BCUT2D eigenvalue weighted by molar-refractivity contribution is 9.10. The molecule has 0 saturated carbocycles. The Balaban J connectivity index is 2.12. The van der Waals surface area contributed by atoms with Crippen LogP contribution in [0.2, 0.25) is 0 Å². The number of hydrogen-bond donors (Lipinski definition) is 1. The van der Waals surface area contributed by atoms with Crippen molar-refractivity contribution in [1.29, 1.82) is 0 Å². The molecule has 1 aromatic rings. The zero-order chi connectivity index (χ0) is 12.3. The third kappa shape index (κ3) is 2.77. The largest absolute Gasteiger partial charge is 0.359 e. The van der Waals surface area contributed by atoms with Crippen LogP contribution in [-0.4, -0.2) is 31.0 Å². The molecular weight excluding hydrogens is 282 g/mol. The van der Waals surface area contributed by atoms with Crippen LogP contribution in [0, 0.1) is 5.92 Å². The van der Waals surface area contributed by atoms with Crippen molar-refractivity contribution in [2.45, 2.75) is 12.8 Å². The lowest BCUT2D eigenvalue weighted by molar-refractivity contribution is -0.124. The number of anilines is 1. The predicted octanol–water partition coefficient (Wildman–Crippen LogP) is 1.81. The van der Waals surface area contributed by atoms with Gasteiger partial charge in [0, 0.05) is 26.3 Å². The van der Waals surface area contributed by atoms with E-state index in [1.165, 1.54) is 0 Å². The van der Waals surface area contributed by atoms with Crippen molar-refractivity contribution in [3.8, 4) is 0 Å². The first-order chi connectivity index (χ1) is 8.22. The zero-order valence-electron chi connectivity index (χ0n) is 9.82. The molecule has 1 N–H and O–H groups in total. The minimum absolute atomic E-state index is 0.0719. The average molecular weight is 298 g/mol. The predicted molar refractivity (Wildman–Crippen MR) is 70.9 cm³/mol. The second kappa shape index (κ2) is 5.49. The molecule has 5 heteroatoms. The van der Waals surface area contributed by atoms with E-state index in [9.17, 15) is 4.79 Å². The number of aromatic nitrogens is 1. The van der Waals surface area contributed by atoms with E-state index >= 15 is 0 Å². The van der Waals surface area contributed by atoms with Gasteiger partial charge in [0.15, 0.2) is 0 Å². The highest BCUT2D eigenvalue weighted by atomic mass is 79.9. The number of carbonyl (C=O) groups is 1. The van der Waals surface area contributed by atoms with Crippen molar-refractivity contribution in [2.75, 3.05) is 25.0 Å². The van der Waals surface area contributed by atoms with E-state index in [2.05, 4.69) is 31.1 Å². The van der Waals surface area contributed by atoms with Gasteiger partial charge in [-0.2, -0.15) is 0 Å². The number of halogens is 1. The van der Waals surface area contributed by atoms with E-state index in [1.807, 2.05) is 12.1 Å². The number of carbonyl (C=O) groups excluding carboxylic acids is 1. The summed E-state index contributed by atoms with van der Waals surface area (Å²) in [7, 11) is 1.69. The van der Waals surface area contributed by atoms with Gasteiger partial charge in [-0.25, -0.2) is 4.98 Å². The van der Waals surface area contributed by atoms with E-state index in [0.29, 0.717) is 0 Å². The van der Waals surface area contributed by atoms with Crippen LogP contribution in [0.1, 0.15) is 12.8 Å². The molecule has 1 aromatic heterocycles. The first kappa shape index (κ1) is 12.4. The van der Waals surface area contributed by atoms with Crippen molar-refractivity contribution in [2.24, 2.45) is 5.92 Å². The maximum Gasteiger partial charge on any atom is 0.224 e. The molecule has 0 aliphatic carbocycles. The van der Waals surface area contributed by atoms with Gasteiger partial charge in [0.1, 0.15) is 5.82 Å². The van der Waals surface area contributed by atoms with E-state index in [1.54, 1.807) is 13.2 Å². The number of piperidine rings is 1. The molecule has 1 aliphatic rings. The van der Waals surface area contributed by atoms with E-state index < -0.39 is 0 Å². The van der Waals surface area contributed by atoms with Crippen molar-refractivity contribution >= 4 is 27.7 Å². The fourth-order valence-corrected chi connectivity index (χ4v) is 2.70. The van der Waals surface area contributed by atoms with Crippen LogP contribution < -0.4 is 10.2 Å². The topological polar surface area (TPSA) is 45.2 Å². The van der Waals surface area contributed by atoms with Crippen LogP contribution in [-0.2, 0) is 4.79 Å². The van der Waals surface area contributed by atoms with Crippen molar-refractivity contribution in [3.63, 3.8) is 0 Å². The molecule has 4 nitrogen and oxygen atoms in total. The molecule has 1 amide bonds. The summed E-state index contributed by atoms with van der Waals surface area (Å²) >= 11 is 3.50. The van der Waals surface area contributed by atoms with Crippen LogP contribution in [0.3, 0.4) is 0 Å². The number of hydrogen-bond acceptors (Lipinski definition) is 3. The fourth-order valence-electron chi connectivity index (χ4n) is 2.20. The average Bonchev–Trinajstić information content (AvgIpc) is 2.38. The Kier molecular flexibility index (Phi) is 3.99. The van der Waals surface area contributed by atoms with Gasteiger partial charge in [-0.15, -0.1) is 0 Å². The SMILES string of the molecule is CNC(=O)C1CCCN(c2ncccc2Br)C1. The maximum absolute atomic E-state index is 11.7. The summed E-state index contributed by atoms with van der Waals surface area (Å²) in [4.78, 5) is 18.2. The molecule has 2 rings (SSSR count). The van der Waals surface area contributed by atoms with Crippen LogP contribution in [0.4, 0.5) is 5.82 Å². The molecule has 0 spiro atoms. The number of nitrogens with zero attached hydrogens (tertiary/aromatic N) is 2. The molecule has 1 atom stereocenters. The first-order valence-corrected chi connectivity index (χ1v) is 6.58. The lowest BCUT2D eigenvalue weighted by Gasteiger charge is -2.33. The Morgan fingerprint density at radius 1 is 1.65 bits per heavy atom. The molecule has 2 heterocycles. The highest BCUT2D eigenvalue weighted by Gasteiger charge is 2.26. The van der Waals surface area contributed by atoms with Crippen molar-refractivity contribution < 1.29 is 4.79 Å². The summed E-state index contributed by atoms with van der Waals surface area (Å²) in [6.45, 7) is 1.71. The van der Waals surface area contributed by atoms with Gasteiger partial charge in [-0.05, 0) is 40.9 Å². The molecule has 17 heavy (non-hydrogen) atoms.